The standard InChI is InChI=1S/C15H11ClFN3O/c1-9-14(20-8-10(16)2-7-13(20)18-9)15(21)19-12-5-3-11(17)4-6-12/h2-8H,1H3,(H,19,21). The van der Waals surface area contributed by atoms with E-state index in [-0.39, 0.29) is 11.7 Å². The number of aryl methyl sites for hydroxylation is 1. The highest BCUT2D eigenvalue weighted by molar-refractivity contribution is 6.30. The molecular weight excluding hydrogens is 293 g/mol. The second-order valence-corrected chi connectivity index (χ2v) is 5.02. The van der Waals surface area contributed by atoms with Gasteiger partial charge in [-0.3, -0.25) is 9.20 Å². The highest BCUT2D eigenvalue weighted by Gasteiger charge is 2.16. The minimum Gasteiger partial charge on any atom is -0.321 e. The molecule has 3 aromatic rings. The highest BCUT2D eigenvalue weighted by Crippen LogP contribution is 2.18. The number of fused-ring (bicyclic) bond motifs is 1. The van der Waals surface area contributed by atoms with Gasteiger partial charge in [-0.05, 0) is 43.3 Å². The van der Waals surface area contributed by atoms with Crippen LogP contribution in [0.3, 0.4) is 0 Å². The molecule has 106 valence electrons. The summed E-state index contributed by atoms with van der Waals surface area (Å²) in [5.41, 5.74) is 2.15. The minimum atomic E-state index is -0.356. The average molecular weight is 304 g/mol. The molecule has 0 atom stereocenters. The van der Waals surface area contributed by atoms with Crippen LogP contribution in [0, 0.1) is 12.7 Å². The van der Waals surface area contributed by atoms with Gasteiger partial charge < -0.3 is 5.32 Å². The van der Waals surface area contributed by atoms with E-state index in [1.54, 1.807) is 29.7 Å². The number of carbonyl (C=O) groups is 1. The number of aromatic nitrogens is 2. The third-order valence-corrected chi connectivity index (χ3v) is 3.30. The number of hydrogen-bond acceptors (Lipinski definition) is 2. The van der Waals surface area contributed by atoms with Gasteiger partial charge in [-0.15, -0.1) is 0 Å². The lowest BCUT2D eigenvalue weighted by Gasteiger charge is -2.06. The molecule has 0 unspecified atom stereocenters. The first-order valence-corrected chi connectivity index (χ1v) is 6.63. The van der Waals surface area contributed by atoms with Crippen LogP contribution in [0.5, 0.6) is 0 Å². The maximum atomic E-state index is 12.9. The molecule has 0 spiro atoms. The van der Waals surface area contributed by atoms with Gasteiger partial charge in [0.25, 0.3) is 5.91 Å². The summed E-state index contributed by atoms with van der Waals surface area (Å²) in [5.74, 6) is -0.681. The topological polar surface area (TPSA) is 46.4 Å². The van der Waals surface area contributed by atoms with Crippen molar-refractivity contribution < 1.29 is 9.18 Å². The second kappa shape index (κ2) is 5.18. The van der Waals surface area contributed by atoms with Gasteiger partial charge in [-0.1, -0.05) is 11.6 Å². The molecule has 0 aliphatic heterocycles. The number of rotatable bonds is 2. The number of benzene rings is 1. The smallest absolute Gasteiger partial charge is 0.274 e. The van der Waals surface area contributed by atoms with Crippen LogP contribution in [-0.4, -0.2) is 15.3 Å². The van der Waals surface area contributed by atoms with E-state index in [9.17, 15) is 9.18 Å². The number of hydrogen-bond donors (Lipinski definition) is 1. The third-order valence-electron chi connectivity index (χ3n) is 3.07. The molecule has 21 heavy (non-hydrogen) atoms. The Bertz CT molecular complexity index is 827. The highest BCUT2D eigenvalue weighted by atomic mass is 35.5. The molecule has 0 saturated carbocycles. The minimum absolute atomic E-state index is 0.325. The van der Waals surface area contributed by atoms with E-state index >= 15 is 0 Å². The van der Waals surface area contributed by atoms with Gasteiger partial charge in [0.15, 0.2) is 0 Å². The predicted octanol–water partition coefficient (Wildman–Crippen LogP) is 3.69. The molecule has 3 rings (SSSR count). The largest absolute Gasteiger partial charge is 0.321 e. The van der Waals surface area contributed by atoms with Crippen LogP contribution in [0.15, 0.2) is 42.6 Å². The zero-order valence-corrected chi connectivity index (χ0v) is 11.9. The predicted molar refractivity (Wildman–Crippen MR) is 79.3 cm³/mol. The Labute approximate surface area is 125 Å². The van der Waals surface area contributed by atoms with E-state index < -0.39 is 0 Å². The molecule has 2 aromatic heterocycles. The summed E-state index contributed by atoms with van der Waals surface area (Å²) in [4.78, 5) is 16.7. The first-order valence-electron chi connectivity index (χ1n) is 6.26. The Balaban J connectivity index is 1.99. The van der Waals surface area contributed by atoms with Gasteiger partial charge in [-0.25, -0.2) is 9.37 Å². The molecular formula is C15H11ClFN3O. The lowest BCUT2D eigenvalue weighted by molar-refractivity contribution is 0.102. The fraction of sp³-hybridized carbons (Fsp3) is 0.0667. The van der Waals surface area contributed by atoms with Crippen molar-refractivity contribution in [1.29, 1.82) is 0 Å². The second-order valence-electron chi connectivity index (χ2n) is 4.58. The summed E-state index contributed by atoms with van der Waals surface area (Å²) < 4.78 is 14.5. The van der Waals surface area contributed by atoms with E-state index in [0.717, 1.165) is 0 Å². The maximum absolute atomic E-state index is 12.9. The number of nitrogens with one attached hydrogen (secondary N) is 1. The van der Waals surface area contributed by atoms with Crippen LogP contribution in [-0.2, 0) is 0 Å². The van der Waals surface area contributed by atoms with Crippen molar-refractivity contribution in [3.63, 3.8) is 0 Å². The Hall–Kier alpha value is -2.40. The molecule has 6 heteroatoms. The Kier molecular flexibility index (Phi) is 3.35. The average Bonchev–Trinajstić information content (AvgIpc) is 2.76. The molecule has 1 N–H and O–H groups in total. The number of carbonyl (C=O) groups excluding carboxylic acids is 1. The monoisotopic (exact) mass is 303 g/mol. The Morgan fingerprint density at radius 2 is 1.95 bits per heavy atom. The zero-order valence-electron chi connectivity index (χ0n) is 11.1. The van der Waals surface area contributed by atoms with E-state index in [4.69, 9.17) is 11.6 Å². The summed E-state index contributed by atoms with van der Waals surface area (Å²) in [6.07, 6.45) is 1.64. The molecule has 0 fully saturated rings. The van der Waals surface area contributed by atoms with Crippen LogP contribution >= 0.6 is 11.6 Å². The normalized spacial score (nSPS) is 10.8. The lowest BCUT2D eigenvalue weighted by atomic mass is 10.2. The van der Waals surface area contributed by atoms with Crippen molar-refractivity contribution in [2.24, 2.45) is 0 Å². The van der Waals surface area contributed by atoms with Gasteiger partial charge in [-0.2, -0.15) is 0 Å². The number of imidazole rings is 1. The van der Waals surface area contributed by atoms with Crippen molar-refractivity contribution in [3.05, 3.63) is 64.8 Å². The lowest BCUT2D eigenvalue weighted by Crippen LogP contribution is -2.15. The van der Waals surface area contributed by atoms with Crippen molar-refractivity contribution in [2.75, 3.05) is 5.32 Å². The van der Waals surface area contributed by atoms with Gasteiger partial charge in [0.05, 0.1) is 10.7 Å². The molecule has 0 bridgehead atoms. The quantitative estimate of drug-likeness (QED) is 0.785. The summed E-state index contributed by atoms with van der Waals surface area (Å²) in [6, 6.07) is 9.02. The fourth-order valence-electron chi connectivity index (χ4n) is 2.13. The van der Waals surface area contributed by atoms with Crippen LogP contribution in [0.1, 0.15) is 16.2 Å². The van der Waals surface area contributed by atoms with Crippen molar-refractivity contribution in [2.45, 2.75) is 6.92 Å². The first kappa shape index (κ1) is 13.6. The van der Waals surface area contributed by atoms with Crippen molar-refractivity contribution in [3.8, 4) is 0 Å². The molecule has 2 heterocycles. The zero-order chi connectivity index (χ0) is 15.0. The molecule has 1 aromatic carbocycles. The first-order chi connectivity index (χ1) is 10.0. The van der Waals surface area contributed by atoms with Crippen molar-refractivity contribution in [1.82, 2.24) is 9.38 Å². The van der Waals surface area contributed by atoms with Crippen molar-refractivity contribution >= 4 is 28.8 Å². The molecule has 0 saturated heterocycles. The Morgan fingerprint density at radius 3 is 2.67 bits per heavy atom. The number of halogens is 2. The van der Waals surface area contributed by atoms with Crippen LogP contribution in [0.4, 0.5) is 10.1 Å². The van der Waals surface area contributed by atoms with E-state index in [1.807, 2.05) is 0 Å². The summed E-state index contributed by atoms with van der Waals surface area (Å²) in [7, 11) is 0. The number of nitrogens with zero attached hydrogens (tertiary/aromatic N) is 2. The van der Waals surface area contributed by atoms with Crippen LogP contribution in [0.25, 0.3) is 5.65 Å². The molecule has 0 aliphatic carbocycles. The molecule has 1 amide bonds. The van der Waals surface area contributed by atoms with Gasteiger partial charge in [0, 0.05) is 11.9 Å². The van der Waals surface area contributed by atoms with E-state index in [1.165, 1.54) is 24.3 Å². The van der Waals surface area contributed by atoms with Gasteiger partial charge >= 0.3 is 0 Å². The molecule has 0 aliphatic rings. The number of amides is 1. The fourth-order valence-corrected chi connectivity index (χ4v) is 2.29. The van der Waals surface area contributed by atoms with Gasteiger partial charge in [0.2, 0.25) is 0 Å². The van der Waals surface area contributed by atoms with Crippen LogP contribution < -0.4 is 5.32 Å². The number of pyridine rings is 1. The number of anilines is 1. The maximum Gasteiger partial charge on any atom is 0.274 e. The summed E-state index contributed by atoms with van der Waals surface area (Å²) in [5, 5.41) is 3.22. The third kappa shape index (κ3) is 2.60. The van der Waals surface area contributed by atoms with E-state index in [2.05, 4.69) is 10.3 Å². The van der Waals surface area contributed by atoms with Gasteiger partial charge in [0.1, 0.15) is 17.2 Å². The van der Waals surface area contributed by atoms with E-state index in [0.29, 0.717) is 27.7 Å². The summed E-state index contributed by atoms with van der Waals surface area (Å²) >= 11 is 5.96. The SMILES string of the molecule is Cc1nc2ccc(Cl)cn2c1C(=O)Nc1ccc(F)cc1. The summed E-state index contributed by atoms with van der Waals surface area (Å²) in [6.45, 7) is 1.75. The van der Waals surface area contributed by atoms with Crippen LogP contribution in [0.2, 0.25) is 5.02 Å². The molecule has 4 nitrogen and oxygen atoms in total. The Morgan fingerprint density at radius 1 is 1.24 bits per heavy atom. The molecule has 0 radical (unpaired) electrons.